The zero-order chi connectivity index (χ0) is 12.3. The molecule has 2 aromatic rings. The number of thioether (sulfide) groups is 1. The maximum atomic E-state index is 5.90. The summed E-state index contributed by atoms with van der Waals surface area (Å²) in [7, 11) is 1.53. The van der Waals surface area contributed by atoms with Crippen LogP contribution >= 0.6 is 46.5 Å². The monoisotopic (exact) mass is 306 g/mol. The summed E-state index contributed by atoms with van der Waals surface area (Å²) in [5.74, 6) is 0.458. The van der Waals surface area contributed by atoms with Crippen LogP contribution in [-0.4, -0.2) is 33.5 Å². The van der Waals surface area contributed by atoms with Crippen LogP contribution in [0.3, 0.4) is 0 Å². The first kappa shape index (κ1) is 12.9. The normalized spacial score (nSPS) is 10.5. The molecule has 0 unspecified atom stereocenters. The molecule has 0 saturated heterocycles. The van der Waals surface area contributed by atoms with Crippen molar-refractivity contribution in [1.29, 1.82) is 0 Å². The van der Waals surface area contributed by atoms with Crippen molar-refractivity contribution in [2.24, 2.45) is 0 Å². The molecule has 0 aromatic carbocycles. The van der Waals surface area contributed by atoms with E-state index in [0.29, 0.717) is 15.9 Å². The van der Waals surface area contributed by atoms with Gasteiger partial charge in [-0.15, -0.1) is 10.2 Å². The standard InChI is InChI=1S/C8H7ClN4OS3/c1-14-4-5(9)10-3-11-6(4)16-8-13-12-7(15-2)17-8/h3H,1-2H3. The maximum absolute atomic E-state index is 5.90. The maximum Gasteiger partial charge on any atom is 0.189 e. The molecular weight excluding hydrogens is 300 g/mol. The fourth-order valence-corrected chi connectivity index (χ4v) is 3.68. The van der Waals surface area contributed by atoms with E-state index >= 15 is 0 Å². The van der Waals surface area contributed by atoms with Gasteiger partial charge in [-0.25, -0.2) is 9.97 Å². The van der Waals surface area contributed by atoms with Crippen LogP contribution in [0.4, 0.5) is 0 Å². The van der Waals surface area contributed by atoms with Crippen LogP contribution in [0.25, 0.3) is 0 Å². The minimum atomic E-state index is 0.291. The minimum absolute atomic E-state index is 0.291. The molecule has 2 rings (SSSR count). The summed E-state index contributed by atoms with van der Waals surface area (Å²) in [6, 6.07) is 0. The zero-order valence-corrected chi connectivity index (χ0v) is 12.1. The van der Waals surface area contributed by atoms with Crippen LogP contribution in [0, 0.1) is 0 Å². The van der Waals surface area contributed by atoms with Gasteiger partial charge in [0.15, 0.2) is 24.6 Å². The average Bonchev–Trinajstić information content (AvgIpc) is 2.77. The molecule has 9 heteroatoms. The fourth-order valence-electron chi connectivity index (χ4n) is 0.985. The topological polar surface area (TPSA) is 60.8 Å². The molecule has 0 atom stereocenters. The molecule has 2 aromatic heterocycles. The van der Waals surface area contributed by atoms with E-state index in [1.54, 1.807) is 11.8 Å². The highest BCUT2D eigenvalue weighted by Crippen LogP contribution is 2.38. The predicted octanol–water partition coefficient (Wildman–Crippen LogP) is 2.86. The van der Waals surface area contributed by atoms with Gasteiger partial charge in [0, 0.05) is 0 Å². The lowest BCUT2D eigenvalue weighted by Crippen LogP contribution is -1.92. The van der Waals surface area contributed by atoms with Crippen molar-refractivity contribution >= 4 is 46.5 Å². The second kappa shape index (κ2) is 5.85. The first-order valence-electron chi connectivity index (χ1n) is 4.34. The highest BCUT2D eigenvalue weighted by Gasteiger charge is 2.14. The predicted molar refractivity (Wildman–Crippen MR) is 69.4 cm³/mol. The SMILES string of the molecule is COc1c(Cl)ncnc1Sc1nnc(SC)s1. The number of ether oxygens (including phenoxy) is 1. The van der Waals surface area contributed by atoms with E-state index in [0.717, 1.165) is 8.68 Å². The number of rotatable bonds is 4. The molecule has 5 nitrogen and oxygen atoms in total. The van der Waals surface area contributed by atoms with Gasteiger partial charge in [-0.1, -0.05) is 34.7 Å². The quantitative estimate of drug-likeness (QED) is 0.635. The number of halogens is 1. The summed E-state index contributed by atoms with van der Waals surface area (Å²) >= 11 is 10.3. The van der Waals surface area contributed by atoms with Gasteiger partial charge in [-0.05, 0) is 18.0 Å². The van der Waals surface area contributed by atoms with Crippen molar-refractivity contribution in [3.8, 4) is 5.75 Å². The van der Waals surface area contributed by atoms with Crippen LogP contribution in [0.5, 0.6) is 5.75 Å². The summed E-state index contributed by atoms with van der Waals surface area (Å²) in [4.78, 5) is 7.97. The summed E-state index contributed by atoms with van der Waals surface area (Å²) in [5, 5.41) is 8.97. The lowest BCUT2D eigenvalue weighted by Gasteiger charge is -2.05. The lowest BCUT2D eigenvalue weighted by atomic mass is 10.6. The first-order chi connectivity index (χ1) is 8.24. The third-order valence-electron chi connectivity index (χ3n) is 1.68. The Hall–Kier alpha value is -0.570. The van der Waals surface area contributed by atoms with Gasteiger partial charge in [-0.2, -0.15) is 0 Å². The van der Waals surface area contributed by atoms with E-state index in [-0.39, 0.29) is 0 Å². The largest absolute Gasteiger partial charge is 0.491 e. The lowest BCUT2D eigenvalue weighted by molar-refractivity contribution is 0.398. The van der Waals surface area contributed by atoms with Crippen LogP contribution in [0.1, 0.15) is 0 Å². The first-order valence-corrected chi connectivity index (χ1v) is 7.58. The molecule has 0 saturated carbocycles. The van der Waals surface area contributed by atoms with Gasteiger partial charge in [-0.3, -0.25) is 0 Å². The van der Waals surface area contributed by atoms with E-state index in [2.05, 4.69) is 20.2 Å². The summed E-state index contributed by atoms with van der Waals surface area (Å²) in [6.07, 6.45) is 3.35. The molecular formula is C8H7ClN4OS3. The Morgan fingerprint density at radius 2 is 2.06 bits per heavy atom. The molecule has 0 aliphatic heterocycles. The van der Waals surface area contributed by atoms with Crippen LogP contribution in [0.2, 0.25) is 5.15 Å². The second-order valence-electron chi connectivity index (χ2n) is 2.64. The molecule has 0 radical (unpaired) electrons. The van der Waals surface area contributed by atoms with Crippen molar-refractivity contribution in [2.75, 3.05) is 13.4 Å². The number of hydrogen-bond donors (Lipinski definition) is 0. The van der Waals surface area contributed by atoms with Gasteiger partial charge < -0.3 is 4.74 Å². The number of nitrogens with zero attached hydrogens (tertiary/aromatic N) is 4. The second-order valence-corrected chi connectivity index (χ2v) is 6.27. The van der Waals surface area contributed by atoms with Crippen molar-refractivity contribution in [3.05, 3.63) is 11.5 Å². The van der Waals surface area contributed by atoms with Crippen LogP contribution in [-0.2, 0) is 0 Å². The fraction of sp³-hybridized carbons (Fsp3) is 0.250. The van der Waals surface area contributed by atoms with E-state index in [4.69, 9.17) is 16.3 Å². The highest BCUT2D eigenvalue weighted by molar-refractivity contribution is 8.03. The third kappa shape index (κ3) is 3.01. The third-order valence-corrected chi connectivity index (χ3v) is 4.88. The van der Waals surface area contributed by atoms with Crippen molar-refractivity contribution in [1.82, 2.24) is 20.2 Å². The Kier molecular flexibility index (Phi) is 4.43. The molecule has 0 bridgehead atoms. The highest BCUT2D eigenvalue weighted by atomic mass is 35.5. The molecule has 2 heterocycles. The van der Waals surface area contributed by atoms with Gasteiger partial charge in [0.25, 0.3) is 0 Å². The van der Waals surface area contributed by atoms with Gasteiger partial charge in [0.05, 0.1) is 7.11 Å². The minimum Gasteiger partial charge on any atom is -0.491 e. The van der Waals surface area contributed by atoms with Gasteiger partial charge >= 0.3 is 0 Å². The Balaban J connectivity index is 2.26. The van der Waals surface area contributed by atoms with Crippen molar-refractivity contribution < 1.29 is 4.74 Å². The van der Waals surface area contributed by atoms with Gasteiger partial charge in [0.2, 0.25) is 0 Å². The smallest absolute Gasteiger partial charge is 0.189 e. The average molecular weight is 307 g/mol. The number of hydrogen-bond acceptors (Lipinski definition) is 8. The number of aromatic nitrogens is 4. The molecule has 0 fully saturated rings. The van der Waals surface area contributed by atoms with E-state index in [9.17, 15) is 0 Å². The Morgan fingerprint density at radius 3 is 2.71 bits per heavy atom. The van der Waals surface area contributed by atoms with E-state index in [1.165, 1.54) is 36.5 Å². The Morgan fingerprint density at radius 1 is 1.29 bits per heavy atom. The molecule has 17 heavy (non-hydrogen) atoms. The molecule has 0 amide bonds. The molecule has 0 aliphatic rings. The molecule has 0 N–H and O–H groups in total. The van der Waals surface area contributed by atoms with Crippen molar-refractivity contribution in [3.63, 3.8) is 0 Å². The van der Waals surface area contributed by atoms with Crippen LogP contribution in [0.15, 0.2) is 20.0 Å². The molecule has 0 spiro atoms. The van der Waals surface area contributed by atoms with Gasteiger partial charge in [0.1, 0.15) is 6.33 Å². The van der Waals surface area contributed by atoms with E-state index < -0.39 is 0 Å². The number of methoxy groups -OCH3 is 1. The summed E-state index contributed by atoms with van der Waals surface area (Å²) in [5.41, 5.74) is 0. The van der Waals surface area contributed by atoms with Crippen LogP contribution < -0.4 is 4.74 Å². The summed E-state index contributed by atoms with van der Waals surface area (Å²) in [6.45, 7) is 0. The molecule has 90 valence electrons. The molecule has 0 aliphatic carbocycles. The van der Waals surface area contributed by atoms with E-state index in [1.807, 2.05) is 6.26 Å². The zero-order valence-electron chi connectivity index (χ0n) is 8.88. The Labute approximate surface area is 115 Å². The van der Waals surface area contributed by atoms with Crippen molar-refractivity contribution in [2.45, 2.75) is 13.7 Å². The Bertz CT molecular complexity index is 521. The summed E-state index contributed by atoms with van der Waals surface area (Å²) < 4.78 is 6.86.